The SMILES string of the molecule is CC(COCCN)CC(=O)O.O=C(O)C(F)(F)F. The van der Waals surface area contributed by atoms with E-state index in [1.165, 1.54) is 0 Å². The molecule has 0 radical (unpaired) electrons. The normalized spacial score (nSPS) is 12.3. The van der Waals surface area contributed by atoms with Crippen LogP contribution in [0.2, 0.25) is 0 Å². The molecule has 108 valence electrons. The lowest BCUT2D eigenvalue weighted by atomic mass is 10.1. The molecule has 0 aromatic heterocycles. The summed E-state index contributed by atoms with van der Waals surface area (Å²) >= 11 is 0. The number of halogens is 3. The summed E-state index contributed by atoms with van der Waals surface area (Å²) in [5.74, 6) is -3.47. The lowest BCUT2D eigenvalue weighted by Crippen LogP contribution is -2.21. The minimum atomic E-state index is -5.08. The molecule has 18 heavy (non-hydrogen) atoms. The second-order valence-corrected chi connectivity index (χ2v) is 3.37. The molecule has 0 aliphatic rings. The number of aliphatic carboxylic acids is 2. The van der Waals surface area contributed by atoms with Gasteiger partial charge in [-0.2, -0.15) is 13.2 Å². The number of rotatable bonds is 6. The first-order valence-corrected chi connectivity index (χ1v) is 4.91. The highest BCUT2D eigenvalue weighted by molar-refractivity contribution is 5.73. The average Bonchev–Trinajstić information content (AvgIpc) is 2.16. The number of alkyl halides is 3. The minimum Gasteiger partial charge on any atom is -0.481 e. The molecule has 0 aliphatic heterocycles. The number of carboxylic acid groups (broad SMARTS) is 2. The van der Waals surface area contributed by atoms with Crippen molar-refractivity contribution in [2.75, 3.05) is 19.8 Å². The molecule has 0 saturated heterocycles. The van der Waals surface area contributed by atoms with Crippen molar-refractivity contribution < 1.29 is 37.7 Å². The third-order valence-electron chi connectivity index (χ3n) is 1.43. The van der Waals surface area contributed by atoms with E-state index in [0.29, 0.717) is 19.8 Å². The van der Waals surface area contributed by atoms with Gasteiger partial charge in [0.25, 0.3) is 0 Å². The maximum absolute atomic E-state index is 10.6. The van der Waals surface area contributed by atoms with Crippen molar-refractivity contribution in [3.05, 3.63) is 0 Å². The van der Waals surface area contributed by atoms with Crippen molar-refractivity contribution in [1.82, 2.24) is 0 Å². The summed E-state index contributed by atoms with van der Waals surface area (Å²) < 4.78 is 36.8. The van der Waals surface area contributed by atoms with Crippen molar-refractivity contribution >= 4 is 11.9 Å². The first-order chi connectivity index (χ1) is 8.11. The van der Waals surface area contributed by atoms with Crippen LogP contribution in [0.4, 0.5) is 13.2 Å². The third kappa shape index (κ3) is 14.6. The zero-order valence-electron chi connectivity index (χ0n) is 9.74. The van der Waals surface area contributed by atoms with E-state index in [-0.39, 0.29) is 12.3 Å². The molecule has 9 heteroatoms. The Kier molecular flexibility index (Phi) is 10.2. The van der Waals surface area contributed by atoms with Crippen LogP contribution in [0.1, 0.15) is 13.3 Å². The summed E-state index contributed by atoms with van der Waals surface area (Å²) in [6.45, 7) is 3.30. The van der Waals surface area contributed by atoms with Crippen molar-refractivity contribution in [2.45, 2.75) is 19.5 Å². The second-order valence-electron chi connectivity index (χ2n) is 3.37. The highest BCUT2D eigenvalue weighted by Crippen LogP contribution is 2.13. The van der Waals surface area contributed by atoms with Crippen LogP contribution in [-0.2, 0) is 14.3 Å². The average molecular weight is 275 g/mol. The Morgan fingerprint density at radius 1 is 1.33 bits per heavy atom. The summed E-state index contributed by atoms with van der Waals surface area (Å²) in [6.07, 6.45) is -4.93. The quantitative estimate of drug-likeness (QED) is 0.616. The molecule has 0 aromatic rings. The predicted molar refractivity (Wildman–Crippen MR) is 55.0 cm³/mol. The van der Waals surface area contributed by atoms with Gasteiger partial charge in [-0.1, -0.05) is 6.92 Å². The van der Waals surface area contributed by atoms with Crippen LogP contribution in [0.3, 0.4) is 0 Å². The maximum atomic E-state index is 10.6. The highest BCUT2D eigenvalue weighted by Gasteiger charge is 2.38. The summed E-state index contributed by atoms with van der Waals surface area (Å²) in [5.41, 5.74) is 5.17. The van der Waals surface area contributed by atoms with E-state index in [1.807, 2.05) is 6.92 Å². The third-order valence-corrected chi connectivity index (χ3v) is 1.43. The Bertz CT molecular complexity index is 257. The van der Waals surface area contributed by atoms with Crippen molar-refractivity contribution in [1.29, 1.82) is 0 Å². The molecule has 0 heterocycles. The molecule has 0 aromatic carbocycles. The Morgan fingerprint density at radius 2 is 1.78 bits per heavy atom. The van der Waals surface area contributed by atoms with E-state index in [4.69, 9.17) is 25.5 Å². The molecule has 0 fully saturated rings. The number of hydrogen-bond donors (Lipinski definition) is 3. The standard InChI is InChI=1S/C7H15NO3.C2HF3O2/c1-6(4-7(9)10)5-11-3-2-8;3-2(4,5)1(6)7/h6H,2-5,8H2,1H3,(H,9,10);(H,6,7). The molecular formula is C9H16F3NO5. The smallest absolute Gasteiger partial charge is 0.481 e. The first-order valence-electron chi connectivity index (χ1n) is 4.91. The lowest BCUT2D eigenvalue weighted by molar-refractivity contribution is -0.192. The molecule has 0 aliphatic carbocycles. The van der Waals surface area contributed by atoms with Crippen molar-refractivity contribution in [2.24, 2.45) is 11.7 Å². The molecule has 0 saturated carbocycles. The molecule has 1 atom stereocenters. The largest absolute Gasteiger partial charge is 0.490 e. The van der Waals surface area contributed by atoms with Crippen molar-refractivity contribution in [3.63, 3.8) is 0 Å². The fraction of sp³-hybridized carbons (Fsp3) is 0.778. The monoisotopic (exact) mass is 275 g/mol. The van der Waals surface area contributed by atoms with E-state index < -0.39 is 18.1 Å². The molecule has 6 nitrogen and oxygen atoms in total. The Balaban J connectivity index is 0. The van der Waals surface area contributed by atoms with Gasteiger partial charge in [-0.05, 0) is 5.92 Å². The van der Waals surface area contributed by atoms with Gasteiger partial charge in [0.05, 0.1) is 13.0 Å². The van der Waals surface area contributed by atoms with E-state index in [2.05, 4.69) is 0 Å². The van der Waals surface area contributed by atoms with Crippen LogP contribution in [0, 0.1) is 5.92 Å². The first kappa shape index (κ1) is 19.0. The van der Waals surface area contributed by atoms with Gasteiger partial charge in [0.1, 0.15) is 0 Å². The predicted octanol–water partition coefficient (Wildman–Crippen LogP) is 0.706. The van der Waals surface area contributed by atoms with E-state index in [1.54, 1.807) is 0 Å². The molecule has 0 rings (SSSR count). The topological polar surface area (TPSA) is 110 Å². The molecule has 0 bridgehead atoms. The van der Waals surface area contributed by atoms with E-state index in [0.717, 1.165) is 0 Å². The highest BCUT2D eigenvalue weighted by atomic mass is 19.4. The molecular weight excluding hydrogens is 259 g/mol. The maximum Gasteiger partial charge on any atom is 0.490 e. The fourth-order valence-corrected chi connectivity index (χ4v) is 0.725. The van der Waals surface area contributed by atoms with Crippen LogP contribution in [0.5, 0.6) is 0 Å². The lowest BCUT2D eigenvalue weighted by Gasteiger charge is -2.07. The van der Waals surface area contributed by atoms with Gasteiger partial charge in [0.2, 0.25) is 0 Å². The number of ether oxygens (including phenoxy) is 1. The van der Waals surface area contributed by atoms with E-state index in [9.17, 15) is 18.0 Å². The van der Waals surface area contributed by atoms with Gasteiger partial charge in [0.15, 0.2) is 0 Å². The van der Waals surface area contributed by atoms with Crippen LogP contribution < -0.4 is 5.73 Å². The van der Waals surface area contributed by atoms with Crippen LogP contribution >= 0.6 is 0 Å². The summed E-state index contributed by atoms with van der Waals surface area (Å²) in [7, 11) is 0. The van der Waals surface area contributed by atoms with Gasteiger partial charge in [-0.15, -0.1) is 0 Å². The molecule has 0 spiro atoms. The number of nitrogens with two attached hydrogens (primary N) is 1. The van der Waals surface area contributed by atoms with Gasteiger partial charge < -0.3 is 20.7 Å². The van der Waals surface area contributed by atoms with E-state index >= 15 is 0 Å². The molecule has 1 unspecified atom stereocenters. The van der Waals surface area contributed by atoms with Gasteiger partial charge in [-0.3, -0.25) is 4.79 Å². The van der Waals surface area contributed by atoms with Crippen molar-refractivity contribution in [3.8, 4) is 0 Å². The zero-order valence-corrected chi connectivity index (χ0v) is 9.74. The van der Waals surface area contributed by atoms with Crippen LogP contribution in [0.15, 0.2) is 0 Å². The van der Waals surface area contributed by atoms with Crippen LogP contribution in [0.25, 0.3) is 0 Å². The number of carboxylic acids is 2. The summed E-state index contributed by atoms with van der Waals surface area (Å²) in [6, 6.07) is 0. The summed E-state index contributed by atoms with van der Waals surface area (Å²) in [4.78, 5) is 19.1. The minimum absolute atomic E-state index is 0.0686. The van der Waals surface area contributed by atoms with Gasteiger partial charge in [0, 0.05) is 13.2 Å². The number of carbonyl (C=O) groups is 2. The Labute approximate surface area is 102 Å². The fourth-order valence-electron chi connectivity index (χ4n) is 0.725. The second kappa shape index (κ2) is 9.66. The van der Waals surface area contributed by atoms with Gasteiger partial charge >= 0.3 is 18.1 Å². The van der Waals surface area contributed by atoms with Gasteiger partial charge in [-0.25, -0.2) is 4.79 Å². The Morgan fingerprint density at radius 3 is 2.06 bits per heavy atom. The molecule has 0 amide bonds. The van der Waals surface area contributed by atoms with Crippen LogP contribution in [-0.4, -0.2) is 48.1 Å². The Hall–Kier alpha value is -1.35. The number of hydrogen-bond acceptors (Lipinski definition) is 4. The zero-order chi connectivity index (χ0) is 14.8. The summed E-state index contributed by atoms with van der Waals surface area (Å²) in [5, 5.41) is 15.5. The molecule has 4 N–H and O–H groups in total.